The average Bonchev–Trinajstić information content (AvgIpc) is 3.78. The molecule has 3 heterocycles. The number of rotatable bonds is 4. The maximum Gasteiger partial charge on any atom is 0.0900 e. The molecule has 0 aliphatic heterocycles. The van der Waals surface area contributed by atoms with Crippen molar-refractivity contribution in [2.75, 3.05) is 0 Å². The van der Waals surface area contributed by atoms with Crippen LogP contribution in [0.25, 0.3) is 107 Å². The third-order valence-corrected chi connectivity index (χ3v) is 12.7. The van der Waals surface area contributed by atoms with Crippen molar-refractivity contribution in [3.05, 3.63) is 170 Å². The van der Waals surface area contributed by atoms with Gasteiger partial charge in [0.25, 0.3) is 0 Å². The maximum atomic E-state index is 5.13. The molecule has 0 saturated carbocycles. The monoisotopic (exact) mass is 696 g/mol. The lowest BCUT2D eigenvalue weighted by Gasteiger charge is -2.10. The first-order chi connectivity index (χ1) is 25.7. The molecule has 11 aromatic rings. The third kappa shape index (κ3) is 4.76. The molecular weight excluding hydrogens is 669 g/mol. The first-order valence-corrected chi connectivity index (χ1v) is 19.1. The van der Waals surface area contributed by atoms with Crippen LogP contribution < -0.4 is 0 Å². The Kier molecular flexibility index (Phi) is 6.63. The normalized spacial score (nSPS) is 11.8. The molecule has 0 spiro atoms. The van der Waals surface area contributed by atoms with Gasteiger partial charge < -0.3 is 0 Å². The molecule has 0 N–H and O–H groups in total. The molecule has 0 unspecified atom stereocenters. The highest BCUT2D eigenvalue weighted by Crippen LogP contribution is 2.42. The summed E-state index contributed by atoms with van der Waals surface area (Å²) >= 11 is 3.74. The molecule has 0 aliphatic carbocycles. The smallest absolute Gasteiger partial charge is 0.0900 e. The van der Waals surface area contributed by atoms with Crippen LogP contribution >= 0.6 is 22.7 Å². The van der Waals surface area contributed by atoms with Crippen LogP contribution in [0, 0.1) is 0 Å². The molecule has 0 atom stereocenters. The van der Waals surface area contributed by atoms with Crippen LogP contribution in [0.3, 0.4) is 0 Å². The van der Waals surface area contributed by atoms with Gasteiger partial charge in [-0.15, -0.1) is 22.7 Å². The van der Waals surface area contributed by atoms with E-state index < -0.39 is 0 Å². The number of benzene rings is 8. The first-order valence-electron chi connectivity index (χ1n) is 17.5. The standard InChI is InChI=1S/C48H28N2S2/c1-3-19-45-38(13-1)40-17-7-15-36(47(40)51-45)32-10-5-9-29(23-32)30-21-22-31-26-43-42(27-35(31)24-30)49-28-44(50-43)34-12-6-11-33(25-34)37-16-8-18-41-39-14-2-4-20-46(39)52-48(37)41/h1-28H. The zero-order valence-electron chi connectivity index (χ0n) is 27.9. The number of aromatic nitrogens is 2. The van der Waals surface area contributed by atoms with Crippen LogP contribution in [-0.4, -0.2) is 9.97 Å². The van der Waals surface area contributed by atoms with Crippen molar-refractivity contribution >= 4 is 84.8 Å². The summed E-state index contributed by atoms with van der Waals surface area (Å²) in [7, 11) is 0. The van der Waals surface area contributed by atoms with Crippen LogP contribution in [0.1, 0.15) is 0 Å². The molecular formula is C48H28N2S2. The molecule has 0 amide bonds. The van der Waals surface area contributed by atoms with E-state index in [0.717, 1.165) is 33.1 Å². The summed E-state index contributed by atoms with van der Waals surface area (Å²) in [4.78, 5) is 10.1. The maximum absolute atomic E-state index is 5.13. The van der Waals surface area contributed by atoms with Gasteiger partial charge in [-0.25, -0.2) is 4.98 Å². The predicted octanol–water partition coefficient (Wildman–Crippen LogP) is 14.2. The molecule has 0 radical (unpaired) electrons. The van der Waals surface area contributed by atoms with E-state index in [1.165, 1.54) is 73.7 Å². The van der Waals surface area contributed by atoms with Crippen LogP contribution in [0.15, 0.2) is 170 Å². The fourth-order valence-electron chi connectivity index (χ4n) is 7.74. The number of fused-ring (bicyclic) bond motifs is 8. The Morgan fingerprint density at radius 3 is 1.60 bits per heavy atom. The fraction of sp³-hybridized carbons (Fsp3) is 0. The van der Waals surface area contributed by atoms with Gasteiger partial charge in [0.05, 0.1) is 22.9 Å². The Morgan fingerprint density at radius 1 is 0.365 bits per heavy atom. The molecule has 4 heteroatoms. The summed E-state index contributed by atoms with van der Waals surface area (Å²) in [6.45, 7) is 0. The lowest BCUT2D eigenvalue weighted by molar-refractivity contribution is 1.30. The molecule has 0 saturated heterocycles. The van der Waals surface area contributed by atoms with Gasteiger partial charge in [-0.1, -0.05) is 121 Å². The van der Waals surface area contributed by atoms with E-state index in [2.05, 4.69) is 164 Å². The molecule has 8 aromatic carbocycles. The van der Waals surface area contributed by atoms with E-state index in [1.807, 2.05) is 28.9 Å². The Morgan fingerprint density at radius 2 is 0.904 bits per heavy atom. The van der Waals surface area contributed by atoms with Crippen molar-refractivity contribution in [2.45, 2.75) is 0 Å². The lowest BCUT2D eigenvalue weighted by atomic mass is 9.96. The van der Waals surface area contributed by atoms with Gasteiger partial charge >= 0.3 is 0 Å². The lowest BCUT2D eigenvalue weighted by Crippen LogP contribution is -1.90. The number of hydrogen-bond donors (Lipinski definition) is 0. The summed E-state index contributed by atoms with van der Waals surface area (Å²) in [6.07, 6.45) is 1.91. The van der Waals surface area contributed by atoms with Crippen molar-refractivity contribution < 1.29 is 0 Å². The van der Waals surface area contributed by atoms with E-state index in [1.54, 1.807) is 0 Å². The molecule has 0 fully saturated rings. The third-order valence-electron chi connectivity index (χ3n) is 10.3. The molecule has 242 valence electrons. The van der Waals surface area contributed by atoms with Crippen LogP contribution in [-0.2, 0) is 0 Å². The first kappa shape index (κ1) is 29.5. The largest absolute Gasteiger partial charge is 0.252 e. The number of hydrogen-bond acceptors (Lipinski definition) is 4. The summed E-state index contributed by atoms with van der Waals surface area (Å²) in [5, 5.41) is 7.58. The highest BCUT2D eigenvalue weighted by Gasteiger charge is 2.14. The Hall–Kier alpha value is -6.20. The van der Waals surface area contributed by atoms with E-state index in [4.69, 9.17) is 9.97 Å². The minimum Gasteiger partial charge on any atom is -0.252 e. The van der Waals surface area contributed by atoms with Crippen LogP contribution in [0.2, 0.25) is 0 Å². The Balaban J connectivity index is 0.944. The number of thiophene rings is 2. The minimum absolute atomic E-state index is 0.874. The van der Waals surface area contributed by atoms with Gasteiger partial charge in [-0.3, -0.25) is 4.98 Å². The van der Waals surface area contributed by atoms with Crippen LogP contribution in [0.5, 0.6) is 0 Å². The average molecular weight is 697 g/mol. The van der Waals surface area contributed by atoms with Gasteiger partial charge in [0, 0.05) is 45.9 Å². The van der Waals surface area contributed by atoms with E-state index >= 15 is 0 Å². The van der Waals surface area contributed by atoms with Gasteiger partial charge in [0.1, 0.15) is 0 Å². The summed E-state index contributed by atoms with van der Waals surface area (Å²) in [5.41, 5.74) is 11.1. The SMILES string of the molecule is c1cc(-c2ccc3cc4nc(-c5cccc(-c6cccc7c6sc6ccccc67)c5)cnc4cc3c2)cc(-c2cccc3c2sc2ccccc23)c1. The second kappa shape index (κ2) is 11.7. The molecule has 2 nitrogen and oxygen atoms in total. The Labute approximate surface area is 307 Å². The zero-order valence-corrected chi connectivity index (χ0v) is 29.5. The van der Waals surface area contributed by atoms with Gasteiger partial charge in [-0.05, 0) is 86.6 Å². The predicted molar refractivity (Wildman–Crippen MR) is 225 cm³/mol. The minimum atomic E-state index is 0.874. The van der Waals surface area contributed by atoms with Crippen molar-refractivity contribution in [3.8, 4) is 44.6 Å². The topological polar surface area (TPSA) is 25.8 Å². The van der Waals surface area contributed by atoms with E-state index in [0.29, 0.717) is 0 Å². The highest BCUT2D eigenvalue weighted by atomic mass is 32.1. The summed E-state index contributed by atoms with van der Waals surface area (Å²) in [5.74, 6) is 0. The number of nitrogens with zero attached hydrogens (tertiary/aromatic N) is 2. The molecule has 0 bridgehead atoms. The molecule has 11 rings (SSSR count). The Bertz CT molecular complexity index is 2990. The zero-order chi connectivity index (χ0) is 34.2. The van der Waals surface area contributed by atoms with Crippen LogP contribution in [0.4, 0.5) is 0 Å². The van der Waals surface area contributed by atoms with E-state index in [-0.39, 0.29) is 0 Å². The van der Waals surface area contributed by atoms with Crippen molar-refractivity contribution in [3.63, 3.8) is 0 Å². The van der Waals surface area contributed by atoms with Gasteiger partial charge in [-0.2, -0.15) is 0 Å². The highest BCUT2D eigenvalue weighted by molar-refractivity contribution is 7.26. The molecule has 3 aromatic heterocycles. The second-order valence-corrected chi connectivity index (χ2v) is 15.5. The summed E-state index contributed by atoms with van der Waals surface area (Å²) < 4.78 is 5.29. The molecule has 0 aliphatic rings. The van der Waals surface area contributed by atoms with E-state index in [9.17, 15) is 0 Å². The quantitative estimate of drug-likeness (QED) is 0.171. The van der Waals surface area contributed by atoms with Crippen molar-refractivity contribution in [1.82, 2.24) is 9.97 Å². The fourth-order valence-corrected chi connectivity index (χ4v) is 10.2. The van der Waals surface area contributed by atoms with Crippen molar-refractivity contribution in [2.24, 2.45) is 0 Å². The second-order valence-electron chi connectivity index (χ2n) is 13.4. The van der Waals surface area contributed by atoms with Crippen molar-refractivity contribution in [1.29, 1.82) is 0 Å². The van der Waals surface area contributed by atoms with Gasteiger partial charge in [0.15, 0.2) is 0 Å². The molecule has 52 heavy (non-hydrogen) atoms. The summed E-state index contributed by atoms with van der Waals surface area (Å²) in [6, 6.07) is 59.4. The van der Waals surface area contributed by atoms with Gasteiger partial charge in [0.2, 0.25) is 0 Å².